The molecule has 2 heterocycles. The lowest BCUT2D eigenvalue weighted by atomic mass is 10.1. The van der Waals surface area contributed by atoms with Crippen molar-refractivity contribution in [2.75, 3.05) is 26.2 Å². The summed E-state index contributed by atoms with van der Waals surface area (Å²) in [7, 11) is 0. The van der Waals surface area contributed by atoms with Gasteiger partial charge in [-0.2, -0.15) is 4.98 Å². The predicted octanol–water partition coefficient (Wildman–Crippen LogP) is 3.10. The number of aromatic nitrogens is 2. The number of nitrogens with zero attached hydrogens (tertiary/aromatic N) is 4. The number of benzene rings is 1. The molecule has 1 aromatic heterocycles. The summed E-state index contributed by atoms with van der Waals surface area (Å²) in [6.07, 6.45) is 2.30. The fraction of sp³-hybridized carbons (Fsp3) is 0.556. The molecule has 2 fully saturated rings. The fourth-order valence-electron chi connectivity index (χ4n) is 3.37. The highest BCUT2D eigenvalue weighted by Crippen LogP contribution is 2.38. The maximum Gasteiger partial charge on any atom is 0.229 e. The molecule has 0 radical (unpaired) electrons. The molecule has 1 aliphatic carbocycles. The summed E-state index contributed by atoms with van der Waals surface area (Å²) in [6, 6.07) is 3.74. The molecule has 0 spiro atoms. The molecule has 4 rings (SSSR count). The molecule has 5 nitrogen and oxygen atoms in total. The van der Waals surface area contributed by atoms with Crippen molar-refractivity contribution in [3.8, 4) is 0 Å². The molecular formula is C18H22F2N4O. The van der Waals surface area contributed by atoms with Crippen molar-refractivity contribution in [2.45, 2.75) is 38.3 Å². The molecule has 25 heavy (non-hydrogen) atoms. The largest absolute Gasteiger partial charge is 0.339 e. The van der Waals surface area contributed by atoms with E-state index in [9.17, 15) is 8.78 Å². The quantitative estimate of drug-likeness (QED) is 0.831. The van der Waals surface area contributed by atoms with Crippen molar-refractivity contribution < 1.29 is 13.3 Å². The zero-order chi connectivity index (χ0) is 17.4. The van der Waals surface area contributed by atoms with Crippen LogP contribution in [0.15, 0.2) is 22.7 Å². The van der Waals surface area contributed by atoms with Gasteiger partial charge in [0.25, 0.3) is 0 Å². The smallest absolute Gasteiger partial charge is 0.229 e. The van der Waals surface area contributed by atoms with Gasteiger partial charge in [-0.1, -0.05) is 11.2 Å². The van der Waals surface area contributed by atoms with Gasteiger partial charge in [0.2, 0.25) is 5.89 Å². The van der Waals surface area contributed by atoms with Gasteiger partial charge in [-0.05, 0) is 25.8 Å². The molecule has 1 atom stereocenters. The van der Waals surface area contributed by atoms with E-state index in [-0.39, 0.29) is 6.04 Å². The Hall–Kier alpha value is -1.86. The van der Waals surface area contributed by atoms with Crippen molar-refractivity contribution in [1.29, 1.82) is 0 Å². The molecule has 7 heteroatoms. The van der Waals surface area contributed by atoms with E-state index in [4.69, 9.17) is 4.52 Å². The van der Waals surface area contributed by atoms with E-state index in [1.165, 1.54) is 6.07 Å². The van der Waals surface area contributed by atoms with Gasteiger partial charge in [0, 0.05) is 49.8 Å². The average Bonchev–Trinajstić information content (AvgIpc) is 3.35. The first-order valence-corrected chi connectivity index (χ1v) is 8.84. The van der Waals surface area contributed by atoms with Gasteiger partial charge >= 0.3 is 0 Å². The number of hydrogen-bond donors (Lipinski definition) is 0. The van der Waals surface area contributed by atoms with Crippen molar-refractivity contribution in [1.82, 2.24) is 19.9 Å². The fourth-order valence-corrected chi connectivity index (χ4v) is 3.37. The highest BCUT2D eigenvalue weighted by Gasteiger charge is 2.30. The lowest BCUT2D eigenvalue weighted by molar-refractivity contribution is 0.0943. The van der Waals surface area contributed by atoms with Crippen molar-refractivity contribution in [3.63, 3.8) is 0 Å². The van der Waals surface area contributed by atoms with Gasteiger partial charge in [0.15, 0.2) is 5.82 Å². The second-order valence-electron chi connectivity index (χ2n) is 6.98. The molecule has 2 aliphatic rings. The number of halogens is 2. The van der Waals surface area contributed by atoms with Crippen LogP contribution in [0.25, 0.3) is 0 Å². The first-order chi connectivity index (χ1) is 12.1. The van der Waals surface area contributed by atoms with Crippen LogP contribution < -0.4 is 0 Å². The maximum absolute atomic E-state index is 14.0. The summed E-state index contributed by atoms with van der Waals surface area (Å²) < 4.78 is 32.4. The van der Waals surface area contributed by atoms with Crippen LogP contribution in [-0.4, -0.2) is 46.1 Å². The molecule has 1 aromatic carbocycles. The Morgan fingerprint density at radius 3 is 2.64 bits per heavy atom. The van der Waals surface area contributed by atoms with Gasteiger partial charge in [-0.3, -0.25) is 9.80 Å². The van der Waals surface area contributed by atoms with E-state index in [1.54, 1.807) is 6.07 Å². The number of hydrogen-bond acceptors (Lipinski definition) is 5. The molecule has 0 amide bonds. The Morgan fingerprint density at radius 2 is 1.96 bits per heavy atom. The standard InChI is InChI=1S/C18H22F2N4O/c1-12(15-5-4-14(19)10-16(15)20)24-8-6-23(7-9-24)11-17-21-18(25-22-17)13-2-3-13/h4-5,10,12-13H,2-3,6-9,11H2,1H3. The molecule has 1 aliphatic heterocycles. The molecule has 134 valence electrons. The second-order valence-corrected chi connectivity index (χ2v) is 6.98. The SMILES string of the molecule is CC(c1ccc(F)cc1F)N1CCN(Cc2noc(C3CC3)n2)CC1. The third kappa shape index (κ3) is 3.72. The van der Waals surface area contributed by atoms with Gasteiger partial charge in [0.05, 0.1) is 6.54 Å². The van der Waals surface area contributed by atoms with Gasteiger partial charge in [-0.25, -0.2) is 8.78 Å². The summed E-state index contributed by atoms with van der Waals surface area (Å²) in [5, 5.41) is 4.07. The Morgan fingerprint density at radius 1 is 1.20 bits per heavy atom. The Kier molecular flexibility index (Phi) is 4.52. The molecule has 1 unspecified atom stereocenters. The molecule has 1 saturated heterocycles. The Bertz CT molecular complexity index is 738. The van der Waals surface area contributed by atoms with Crippen molar-refractivity contribution in [3.05, 3.63) is 47.1 Å². The summed E-state index contributed by atoms with van der Waals surface area (Å²) in [5.74, 6) is 0.977. The van der Waals surface area contributed by atoms with Crippen LogP contribution in [0.3, 0.4) is 0 Å². The van der Waals surface area contributed by atoms with Crippen LogP contribution >= 0.6 is 0 Å². The predicted molar refractivity (Wildman–Crippen MR) is 87.9 cm³/mol. The lowest BCUT2D eigenvalue weighted by Gasteiger charge is -2.37. The highest BCUT2D eigenvalue weighted by atomic mass is 19.1. The van der Waals surface area contributed by atoms with Crippen LogP contribution in [0.1, 0.15) is 49.0 Å². The highest BCUT2D eigenvalue weighted by molar-refractivity contribution is 5.22. The van der Waals surface area contributed by atoms with Crippen molar-refractivity contribution >= 4 is 0 Å². The first kappa shape index (κ1) is 16.6. The van der Waals surface area contributed by atoms with Crippen molar-refractivity contribution in [2.24, 2.45) is 0 Å². The minimum Gasteiger partial charge on any atom is -0.339 e. The lowest BCUT2D eigenvalue weighted by Crippen LogP contribution is -2.46. The van der Waals surface area contributed by atoms with E-state index in [1.807, 2.05) is 6.92 Å². The summed E-state index contributed by atoms with van der Waals surface area (Å²) in [5.41, 5.74) is 0.544. The molecule has 0 bridgehead atoms. The minimum atomic E-state index is -0.538. The topological polar surface area (TPSA) is 45.4 Å². The van der Waals surface area contributed by atoms with Crippen LogP contribution in [0, 0.1) is 11.6 Å². The van der Waals surface area contributed by atoms with Crippen LogP contribution in [0.4, 0.5) is 8.78 Å². The van der Waals surface area contributed by atoms with E-state index < -0.39 is 11.6 Å². The molecule has 1 saturated carbocycles. The maximum atomic E-state index is 14.0. The zero-order valence-electron chi connectivity index (χ0n) is 14.3. The molecular weight excluding hydrogens is 326 g/mol. The Labute approximate surface area is 145 Å². The number of piperazine rings is 1. The van der Waals surface area contributed by atoms with Crippen LogP contribution in [0.2, 0.25) is 0 Å². The molecule has 2 aromatic rings. The normalized spacial score (nSPS) is 20.8. The first-order valence-electron chi connectivity index (χ1n) is 8.84. The van der Waals surface area contributed by atoms with E-state index in [2.05, 4.69) is 19.9 Å². The van der Waals surface area contributed by atoms with E-state index in [0.29, 0.717) is 18.0 Å². The summed E-state index contributed by atoms with van der Waals surface area (Å²) in [4.78, 5) is 8.97. The van der Waals surface area contributed by atoms with Gasteiger partial charge in [-0.15, -0.1) is 0 Å². The monoisotopic (exact) mass is 348 g/mol. The second kappa shape index (κ2) is 6.80. The summed E-state index contributed by atoms with van der Waals surface area (Å²) in [6.45, 7) is 6.02. The third-order valence-electron chi connectivity index (χ3n) is 5.14. The third-order valence-corrected chi connectivity index (χ3v) is 5.14. The molecule has 0 N–H and O–H groups in total. The van der Waals surface area contributed by atoms with E-state index in [0.717, 1.165) is 56.8 Å². The minimum absolute atomic E-state index is 0.0746. The van der Waals surface area contributed by atoms with Gasteiger partial charge in [0.1, 0.15) is 11.6 Å². The van der Waals surface area contributed by atoms with Gasteiger partial charge < -0.3 is 4.52 Å². The number of rotatable bonds is 5. The average molecular weight is 348 g/mol. The van der Waals surface area contributed by atoms with E-state index >= 15 is 0 Å². The summed E-state index contributed by atoms with van der Waals surface area (Å²) >= 11 is 0. The van der Waals surface area contributed by atoms with Crippen LogP contribution in [-0.2, 0) is 6.54 Å². The van der Waals surface area contributed by atoms with Crippen LogP contribution in [0.5, 0.6) is 0 Å². The zero-order valence-corrected chi connectivity index (χ0v) is 14.3. The Balaban J connectivity index is 1.32.